The van der Waals surface area contributed by atoms with E-state index >= 15 is 0 Å². The van der Waals surface area contributed by atoms with Gasteiger partial charge in [0.15, 0.2) is 0 Å². The number of allylic oxidation sites excluding steroid dienone is 4. The molecule has 0 aromatic heterocycles. The number of hydrogen-bond donors (Lipinski definition) is 1. The van der Waals surface area contributed by atoms with Crippen LogP contribution in [0.15, 0.2) is 24.3 Å². The van der Waals surface area contributed by atoms with Gasteiger partial charge in [0.2, 0.25) is 0 Å². The van der Waals surface area contributed by atoms with Crippen LogP contribution in [0.3, 0.4) is 0 Å². The Balaban J connectivity index is 0.000000264. The summed E-state index contributed by atoms with van der Waals surface area (Å²) in [5.74, 6) is 3.82. The highest BCUT2D eigenvalue weighted by Gasteiger charge is 2.44. The Bertz CT molecular complexity index is 217. The quantitative estimate of drug-likeness (QED) is 0.543. The fraction of sp³-hybridized carbons (Fsp3) is 0.636. The van der Waals surface area contributed by atoms with Crippen molar-refractivity contribution in [1.82, 2.24) is 0 Å². The first-order valence-electron chi connectivity index (χ1n) is 4.75. The molecule has 12 heavy (non-hydrogen) atoms. The van der Waals surface area contributed by atoms with Crippen LogP contribution in [-0.4, -0.2) is 12.2 Å². The van der Waals surface area contributed by atoms with Crippen LogP contribution < -0.4 is 0 Å². The topological polar surface area (TPSA) is 20.2 Å². The van der Waals surface area contributed by atoms with Gasteiger partial charge < -0.3 is 5.11 Å². The molecule has 1 heteroatoms. The van der Waals surface area contributed by atoms with E-state index in [1.54, 1.807) is 0 Å². The third-order valence-electron chi connectivity index (χ3n) is 3.46. The van der Waals surface area contributed by atoms with Crippen LogP contribution in [0.25, 0.3) is 0 Å². The molecule has 1 nitrogen and oxygen atoms in total. The van der Waals surface area contributed by atoms with Gasteiger partial charge in [-0.1, -0.05) is 24.3 Å². The summed E-state index contributed by atoms with van der Waals surface area (Å²) < 4.78 is 0. The maximum atomic E-state index is 7.00. The summed E-state index contributed by atoms with van der Waals surface area (Å²) in [6.45, 7) is 0. The van der Waals surface area contributed by atoms with Crippen molar-refractivity contribution in [2.75, 3.05) is 7.11 Å². The zero-order valence-electron chi connectivity index (χ0n) is 7.48. The highest BCUT2D eigenvalue weighted by molar-refractivity contribution is 5.21. The summed E-state index contributed by atoms with van der Waals surface area (Å²) in [4.78, 5) is 0. The average Bonchev–Trinajstić information content (AvgIpc) is 2.81. The molecule has 1 fully saturated rings. The summed E-state index contributed by atoms with van der Waals surface area (Å²) in [6, 6.07) is 0. The van der Waals surface area contributed by atoms with Crippen molar-refractivity contribution in [3.05, 3.63) is 24.3 Å². The van der Waals surface area contributed by atoms with Gasteiger partial charge in [0.25, 0.3) is 0 Å². The molecule has 0 spiro atoms. The van der Waals surface area contributed by atoms with Crippen LogP contribution in [0.5, 0.6) is 0 Å². The molecule has 0 aromatic rings. The number of aliphatic hydroxyl groups is 1. The van der Waals surface area contributed by atoms with Gasteiger partial charge in [0.05, 0.1) is 0 Å². The monoisotopic (exact) mass is 164 g/mol. The molecule has 1 N–H and O–H groups in total. The zero-order chi connectivity index (χ0) is 8.55. The fourth-order valence-corrected chi connectivity index (χ4v) is 2.97. The van der Waals surface area contributed by atoms with Crippen molar-refractivity contribution in [1.29, 1.82) is 0 Å². The van der Waals surface area contributed by atoms with Gasteiger partial charge in [0, 0.05) is 7.11 Å². The number of fused-ring (bicyclic) bond motifs is 5. The van der Waals surface area contributed by atoms with Gasteiger partial charge in [-0.2, -0.15) is 0 Å². The molecule has 2 bridgehead atoms. The minimum absolute atomic E-state index is 0.925. The van der Waals surface area contributed by atoms with Gasteiger partial charge in [-0.05, 0) is 36.5 Å². The first-order valence-corrected chi connectivity index (χ1v) is 4.75. The molecule has 3 aliphatic rings. The van der Waals surface area contributed by atoms with E-state index in [0.717, 1.165) is 30.8 Å². The van der Waals surface area contributed by atoms with Crippen LogP contribution in [0, 0.1) is 23.7 Å². The van der Waals surface area contributed by atoms with E-state index in [0.29, 0.717) is 0 Å². The molecule has 0 aromatic carbocycles. The Hall–Kier alpha value is -0.560. The molecular weight excluding hydrogens is 148 g/mol. The predicted octanol–water partition coefficient (Wildman–Crippen LogP) is 1.99. The second-order valence-electron chi connectivity index (χ2n) is 3.85. The van der Waals surface area contributed by atoms with Crippen molar-refractivity contribution in [2.24, 2.45) is 23.7 Å². The van der Waals surface area contributed by atoms with Crippen molar-refractivity contribution >= 4 is 0 Å². The maximum absolute atomic E-state index is 7.00. The molecule has 1 saturated carbocycles. The Morgan fingerprint density at radius 2 is 1.83 bits per heavy atom. The molecule has 4 unspecified atom stereocenters. The number of hydrogen-bond acceptors (Lipinski definition) is 1. The maximum Gasteiger partial charge on any atom is 0.0319 e. The summed E-state index contributed by atoms with van der Waals surface area (Å²) in [6.07, 6.45) is 12.5. The van der Waals surface area contributed by atoms with Crippen LogP contribution in [0.4, 0.5) is 0 Å². The predicted molar refractivity (Wildman–Crippen MR) is 49.6 cm³/mol. The van der Waals surface area contributed by atoms with Crippen molar-refractivity contribution < 1.29 is 5.11 Å². The molecule has 3 aliphatic carbocycles. The molecule has 3 rings (SSSR count). The summed E-state index contributed by atoms with van der Waals surface area (Å²) >= 11 is 0. The fourth-order valence-electron chi connectivity index (χ4n) is 2.97. The Morgan fingerprint density at radius 1 is 1.08 bits per heavy atom. The lowest BCUT2D eigenvalue weighted by Gasteiger charge is -2.18. The normalized spacial score (nSPS) is 45.8. The molecule has 4 atom stereocenters. The molecule has 0 radical (unpaired) electrons. The molecule has 0 amide bonds. The van der Waals surface area contributed by atoms with E-state index in [-0.39, 0.29) is 0 Å². The van der Waals surface area contributed by atoms with E-state index < -0.39 is 0 Å². The smallest absolute Gasteiger partial charge is 0.0319 e. The number of rotatable bonds is 0. The number of aliphatic hydroxyl groups excluding tert-OH is 1. The SMILES string of the molecule is C1=CC2C3C=CC(C3)C2C1.CO. The lowest BCUT2D eigenvalue weighted by atomic mass is 9.86. The van der Waals surface area contributed by atoms with Crippen LogP contribution in [0.1, 0.15) is 12.8 Å². The molecular formula is C11H16O. The van der Waals surface area contributed by atoms with E-state index in [1.807, 2.05) is 0 Å². The molecule has 66 valence electrons. The van der Waals surface area contributed by atoms with Gasteiger partial charge in [-0.3, -0.25) is 0 Å². The summed E-state index contributed by atoms with van der Waals surface area (Å²) in [5, 5.41) is 7.00. The third kappa shape index (κ3) is 0.962. The van der Waals surface area contributed by atoms with Gasteiger partial charge in [-0.15, -0.1) is 0 Å². The van der Waals surface area contributed by atoms with Gasteiger partial charge in [-0.25, -0.2) is 0 Å². The summed E-state index contributed by atoms with van der Waals surface area (Å²) in [5.41, 5.74) is 0. The van der Waals surface area contributed by atoms with Crippen LogP contribution in [-0.2, 0) is 0 Å². The van der Waals surface area contributed by atoms with Crippen molar-refractivity contribution in [3.8, 4) is 0 Å². The zero-order valence-corrected chi connectivity index (χ0v) is 7.48. The minimum atomic E-state index is 0.925. The van der Waals surface area contributed by atoms with E-state index in [9.17, 15) is 0 Å². The highest BCUT2D eigenvalue weighted by atomic mass is 16.2. The van der Waals surface area contributed by atoms with Crippen LogP contribution in [0.2, 0.25) is 0 Å². The lowest BCUT2D eigenvalue weighted by Crippen LogP contribution is -2.12. The van der Waals surface area contributed by atoms with Crippen molar-refractivity contribution in [2.45, 2.75) is 12.8 Å². The van der Waals surface area contributed by atoms with E-state index in [4.69, 9.17) is 5.11 Å². The average molecular weight is 164 g/mol. The Labute approximate surface area is 73.8 Å². The first-order chi connectivity index (χ1) is 5.95. The van der Waals surface area contributed by atoms with Gasteiger partial charge >= 0.3 is 0 Å². The van der Waals surface area contributed by atoms with Crippen LogP contribution >= 0.6 is 0 Å². The second kappa shape index (κ2) is 3.06. The molecule has 0 aliphatic heterocycles. The molecule has 0 saturated heterocycles. The minimum Gasteiger partial charge on any atom is -0.400 e. The third-order valence-corrected chi connectivity index (χ3v) is 3.46. The van der Waals surface area contributed by atoms with Crippen molar-refractivity contribution in [3.63, 3.8) is 0 Å². The van der Waals surface area contributed by atoms with Gasteiger partial charge in [0.1, 0.15) is 0 Å². The van der Waals surface area contributed by atoms with E-state index in [1.165, 1.54) is 12.8 Å². The first kappa shape index (κ1) is 8.06. The Morgan fingerprint density at radius 3 is 2.58 bits per heavy atom. The largest absolute Gasteiger partial charge is 0.400 e. The lowest BCUT2D eigenvalue weighted by molar-refractivity contribution is 0.398. The second-order valence-corrected chi connectivity index (χ2v) is 3.85. The highest BCUT2D eigenvalue weighted by Crippen LogP contribution is 2.52. The Kier molecular flexibility index (Phi) is 2.05. The van der Waals surface area contributed by atoms with E-state index in [2.05, 4.69) is 24.3 Å². The molecule has 0 heterocycles. The standard InChI is InChI=1S/C10H12.CH4O/c1-2-9-7-4-5-8(6-7)10(9)3-1;1-2/h1-2,4-5,7-10H,3,6H2;2H,1H3. The summed E-state index contributed by atoms with van der Waals surface area (Å²) in [7, 11) is 1.00.